The molecule has 9 nitrogen and oxygen atoms in total. The van der Waals surface area contributed by atoms with E-state index in [0.29, 0.717) is 25.1 Å². The lowest BCUT2D eigenvalue weighted by molar-refractivity contribution is -0.147. The molecule has 9 heteroatoms. The Morgan fingerprint density at radius 3 is 1.55 bits per heavy atom. The van der Waals surface area contributed by atoms with Gasteiger partial charge in [0, 0.05) is 18.4 Å². The molecule has 2 N–H and O–H groups in total. The van der Waals surface area contributed by atoms with E-state index in [1.807, 2.05) is 60.7 Å². The number of rotatable bonds is 14. The summed E-state index contributed by atoms with van der Waals surface area (Å²) in [4.78, 5) is 39.2. The van der Waals surface area contributed by atoms with Crippen molar-refractivity contribution in [2.45, 2.75) is 43.7 Å². The van der Waals surface area contributed by atoms with Gasteiger partial charge in [0.05, 0.1) is 7.11 Å². The summed E-state index contributed by atoms with van der Waals surface area (Å²) in [6, 6.07) is 38.9. The Hall–Kier alpha value is -6.09. The van der Waals surface area contributed by atoms with Gasteiger partial charge in [-0.15, -0.1) is 0 Å². The van der Waals surface area contributed by atoms with Crippen molar-refractivity contribution in [3.63, 3.8) is 0 Å². The fourth-order valence-electron chi connectivity index (χ4n) is 7.32. The van der Waals surface area contributed by atoms with Crippen molar-refractivity contribution in [3.8, 4) is 28.0 Å². The molecule has 0 fully saturated rings. The molecule has 0 aliphatic heterocycles. The highest BCUT2D eigenvalue weighted by Crippen LogP contribution is 2.45. The van der Waals surface area contributed by atoms with Crippen molar-refractivity contribution in [1.82, 2.24) is 10.6 Å². The van der Waals surface area contributed by atoms with Crippen LogP contribution in [0.3, 0.4) is 0 Å². The Bertz CT molecular complexity index is 1990. The lowest BCUT2D eigenvalue weighted by Crippen LogP contribution is -2.42. The minimum atomic E-state index is -0.946. The zero-order chi connectivity index (χ0) is 36.6. The van der Waals surface area contributed by atoms with E-state index in [0.717, 1.165) is 38.9 Å². The van der Waals surface area contributed by atoms with Crippen LogP contribution in [0.15, 0.2) is 121 Å². The topological polar surface area (TPSA) is 112 Å². The van der Waals surface area contributed by atoms with E-state index in [9.17, 15) is 14.4 Å². The lowest BCUT2D eigenvalue weighted by Gasteiger charge is -2.19. The third-order valence-electron chi connectivity index (χ3n) is 9.99. The molecule has 7 rings (SSSR count). The predicted molar refractivity (Wildman–Crippen MR) is 202 cm³/mol. The summed E-state index contributed by atoms with van der Waals surface area (Å²) in [5, 5.41) is 5.57. The molecule has 0 saturated carbocycles. The first-order valence-corrected chi connectivity index (χ1v) is 18.0. The van der Waals surface area contributed by atoms with Crippen LogP contribution in [0.4, 0.5) is 9.59 Å². The third-order valence-corrected chi connectivity index (χ3v) is 9.99. The molecule has 0 heterocycles. The molecule has 5 aromatic rings. The first kappa shape index (κ1) is 35.3. The van der Waals surface area contributed by atoms with Crippen molar-refractivity contribution in [3.05, 3.63) is 149 Å². The highest BCUT2D eigenvalue weighted by atomic mass is 16.6. The molecule has 0 radical (unpaired) electrons. The van der Waals surface area contributed by atoms with Gasteiger partial charge in [0.1, 0.15) is 31.6 Å². The zero-order valence-corrected chi connectivity index (χ0v) is 29.6. The van der Waals surface area contributed by atoms with Crippen molar-refractivity contribution >= 4 is 18.2 Å². The molecule has 0 unspecified atom stereocenters. The summed E-state index contributed by atoms with van der Waals surface area (Å²) in [7, 11) is 1.59. The van der Waals surface area contributed by atoms with Crippen LogP contribution in [0.25, 0.3) is 22.3 Å². The number of hydrogen-bond acceptors (Lipinski definition) is 7. The van der Waals surface area contributed by atoms with E-state index < -0.39 is 24.2 Å². The number of ether oxygens (including phenoxy) is 4. The number of carbonyl (C=O) groups excluding carboxylic acids is 3. The molecule has 1 atom stereocenters. The second-order valence-electron chi connectivity index (χ2n) is 13.2. The van der Waals surface area contributed by atoms with Gasteiger partial charge in [-0.3, -0.25) is 0 Å². The van der Waals surface area contributed by atoms with Crippen LogP contribution in [0.1, 0.15) is 58.9 Å². The van der Waals surface area contributed by atoms with Gasteiger partial charge in [0.15, 0.2) is 0 Å². The molecule has 0 aromatic heterocycles. The molecule has 53 heavy (non-hydrogen) atoms. The number of unbranched alkanes of at least 4 members (excludes halogenated alkanes) is 1. The van der Waals surface area contributed by atoms with Gasteiger partial charge in [-0.2, -0.15) is 0 Å². The van der Waals surface area contributed by atoms with Crippen LogP contribution >= 0.6 is 0 Å². The third kappa shape index (κ3) is 8.04. The number of esters is 1. The summed E-state index contributed by atoms with van der Waals surface area (Å²) < 4.78 is 22.2. The quantitative estimate of drug-likeness (QED) is 0.0677. The Morgan fingerprint density at radius 1 is 0.585 bits per heavy atom. The first-order valence-electron chi connectivity index (χ1n) is 18.0. The standard InChI is InChI=1S/C44H42N2O7/c1-50-30-23-21-29(22-24-30)26-51-42(47)41(46-44(49)53-28-40-37-18-8-4-14-33(37)34-15-5-9-19-38(34)40)20-10-11-25-45-43(48)52-27-39-35-16-6-2-12-31(35)32-13-3-7-17-36(32)39/h2-9,12-19,21-24,39-41H,10-11,20,25-28H2,1H3,(H,45,48)(H,46,49)/t41-/m0/s1. The largest absolute Gasteiger partial charge is 0.497 e. The van der Waals surface area contributed by atoms with Crippen LogP contribution in [0.5, 0.6) is 5.75 Å². The molecule has 270 valence electrons. The fraction of sp³-hybridized carbons (Fsp3) is 0.250. The highest BCUT2D eigenvalue weighted by Gasteiger charge is 2.31. The van der Waals surface area contributed by atoms with Crippen LogP contribution in [0.2, 0.25) is 0 Å². The molecular weight excluding hydrogens is 668 g/mol. The minimum absolute atomic E-state index is 0.0261. The zero-order valence-electron chi connectivity index (χ0n) is 29.6. The van der Waals surface area contributed by atoms with Crippen LogP contribution < -0.4 is 15.4 Å². The van der Waals surface area contributed by atoms with Crippen molar-refractivity contribution in [2.75, 3.05) is 26.9 Å². The summed E-state index contributed by atoms with van der Waals surface area (Å²) in [5.74, 6) is -0.0141. The SMILES string of the molecule is COc1ccc(COC(=O)[C@H](CCCCNC(=O)OCC2c3ccccc3-c3ccccc32)NC(=O)OCC2c3ccccc3-c3ccccc32)cc1. The molecular formula is C44H42N2O7. The molecule has 2 amide bonds. The monoisotopic (exact) mass is 710 g/mol. The van der Waals surface area contributed by atoms with Gasteiger partial charge < -0.3 is 29.6 Å². The van der Waals surface area contributed by atoms with E-state index in [-0.39, 0.29) is 38.1 Å². The number of carbonyl (C=O) groups is 3. The molecule has 2 aliphatic carbocycles. The van der Waals surface area contributed by atoms with E-state index in [2.05, 4.69) is 59.2 Å². The Morgan fingerprint density at radius 2 is 1.06 bits per heavy atom. The van der Waals surface area contributed by atoms with Crippen LogP contribution in [-0.4, -0.2) is 51.1 Å². The van der Waals surface area contributed by atoms with Crippen molar-refractivity contribution in [1.29, 1.82) is 0 Å². The number of nitrogens with one attached hydrogen (secondary N) is 2. The number of hydrogen-bond donors (Lipinski definition) is 2. The van der Waals surface area contributed by atoms with E-state index >= 15 is 0 Å². The molecule has 5 aromatic carbocycles. The van der Waals surface area contributed by atoms with Gasteiger partial charge in [-0.1, -0.05) is 109 Å². The van der Waals surface area contributed by atoms with Gasteiger partial charge >= 0.3 is 18.2 Å². The molecule has 2 aliphatic rings. The Kier molecular flexibility index (Phi) is 11.0. The molecule has 0 spiro atoms. The maximum atomic E-state index is 13.3. The smallest absolute Gasteiger partial charge is 0.407 e. The minimum Gasteiger partial charge on any atom is -0.497 e. The summed E-state index contributed by atoms with van der Waals surface area (Å²) >= 11 is 0. The average Bonchev–Trinajstić information content (AvgIpc) is 3.70. The van der Waals surface area contributed by atoms with Gasteiger partial charge in [-0.25, -0.2) is 14.4 Å². The van der Waals surface area contributed by atoms with Crippen LogP contribution in [-0.2, 0) is 25.6 Å². The van der Waals surface area contributed by atoms with Crippen molar-refractivity contribution in [2.24, 2.45) is 0 Å². The number of benzene rings is 5. The van der Waals surface area contributed by atoms with Gasteiger partial charge in [0.25, 0.3) is 0 Å². The molecule has 0 saturated heterocycles. The summed E-state index contributed by atoms with van der Waals surface area (Å²) in [6.45, 7) is 0.730. The maximum Gasteiger partial charge on any atom is 0.407 e. The van der Waals surface area contributed by atoms with E-state index in [1.54, 1.807) is 19.2 Å². The first-order chi connectivity index (χ1) is 26.0. The van der Waals surface area contributed by atoms with Gasteiger partial charge in [-0.05, 0) is 81.5 Å². The van der Waals surface area contributed by atoms with Crippen molar-refractivity contribution < 1.29 is 33.3 Å². The second kappa shape index (κ2) is 16.5. The predicted octanol–water partition coefficient (Wildman–Crippen LogP) is 8.35. The number of fused-ring (bicyclic) bond motifs is 6. The summed E-state index contributed by atoms with van der Waals surface area (Å²) in [6.07, 6.45) is 0.168. The highest BCUT2D eigenvalue weighted by molar-refractivity contribution is 5.82. The van der Waals surface area contributed by atoms with Gasteiger partial charge in [0.2, 0.25) is 0 Å². The number of alkyl carbamates (subject to hydrolysis) is 2. The fourth-order valence-corrected chi connectivity index (χ4v) is 7.32. The average molecular weight is 711 g/mol. The normalized spacial score (nSPS) is 13.2. The Labute approximate surface area is 309 Å². The Balaban J connectivity index is 0.912. The number of amides is 2. The maximum absolute atomic E-state index is 13.3. The lowest BCUT2D eigenvalue weighted by atomic mass is 9.98. The van der Waals surface area contributed by atoms with E-state index in [4.69, 9.17) is 18.9 Å². The second-order valence-corrected chi connectivity index (χ2v) is 13.2. The summed E-state index contributed by atoms with van der Waals surface area (Å²) in [5.41, 5.74) is 9.87. The van der Waals surface area contributed by atoms with E-state index in [1.165, 1.54) is 11.1 Å². The molecule has 0 bridgehead atoms. The number of methoxy groups -OCH3 is 1. The van der Waals surface area contributed by atoms with Crippen LogP contribution in [0, 0.1) is 0 Å².